The van der Waals surface area contributed by atoms with Crippen molar-refractivity contribution in [2.24, 2.45) is 0 Å². The summed E-state index contributed by atoms with van der Waals surface area (Å²) in [5.41, 5.74) is 1.00. The zero-order chi connectivity index (χ0) is 16.3. The van der Waals surface area contributed by atoms with E-state index in [1.807, 2.05) is 13.8 Å². The van der Waals surface area contributed by atoms with Crippen molar-refractivity contribution >= 4 is 23.2 Å². The molecule has 0 bridgehead atoms. The van der Waals surface area contributed by atoms with Crippen molar-refractivity contribution in [2.45, 2.75) is 26.4 Å². The third kappa shape index (κ3) is 3.29. The van der Waals surface area contributed by atoms with E-state index >= 15 is 0 Å². The van der Waals surface area contributed by atoms with Gasteiger partial charge in [-0.3, -0.25) is 4.79 Å². The third-order valence-corrected chi connectivity index (χ3v) is 3.59. The van der Waals surface area contributed by atoms with Crippen molar-refractivity contribution in [1.29, 1.82) is 0 Å². The summed E-state index contributed by atoms with van der Waals surface area (Å²) in [6, 6.07) is 5.93. The molecule has 0 fully saturated rings. The van der Waals surface area contributed by atoms with Gasteiger partial charge in [0.1, 0.15) is 5.82 Å². The van der Waals surface area contributed by atoms with Crippen LogP contribution < -0.4 is 5.32 Å². The van der Waals surface area contributed by atoms with Crippen LogP contribution in [0.5, 0.6) is 0 Å². The van der Waals surface area contributed by atoms with Crippen molar-refractivity contribution in [3.05, 3.63) is 64.0 Å². The Labute approximate surface area is 133 Å². The van der Waals surface area contributed by atoms with E-state index in [0.717, 1.165) is 0 Å². The number of halogens is 2. The monoisotopic (exact) mass is 319 g/mol. The smallest absolute Gasteiger partial charge is 0.266 e. The summed E-state index contributed by atoms with van der Waals surface area (Å²) in [6.45, 7) is 10.9. The van der Waals surface area contributed by atoms with Crippen LogP contribution in [0.1, 0.15) is 35.9 Å². The lowest BCUT2D eigenvalue weighted by Gasteiger charge is -2.13. The number of carbonyl (C=O) groups is 1. The highest BCUT2D eigenvalue weighted by atomic mass is 35.5. The van der Waals surface area contributed by atoms with E-state index in [4.69, 9.17) is 18.2 Å². The van der Waals surface area contributed by atoms with Gasteiger partial charge in [-0.1, -0.05) is 17.7 Å². The molecular formula is C16H15ClFN3O. The summed E-state index contributed by atoms with van der Waals surface area (Å²) in [7, 11) is 0. The van der Waals surface area contributed by atoms with Crippen LogP contribution in [-0.4, -0.2) is 10.5 Å². The maximum absolute atomic E-state index is 13.7. The van der Waals surface area contributed by atoms with E-state index < -0.39 is 5.82 Å². The molecular weight excluding hydrogens is 305 g/mol. The minimum atomic E-state index is -0.464. The van der Waals surface area contributed by atoms with Crippen LogP contribution in [0.3, 0.4) is 0 Å². The maximum Gasteiger partial charge on any atom is 0.266 e. The highest BCUT2D eigenvalue weighted by Crippen LogP contribution is 2.22. The number of nitrogens with one attached hydrogen (secondary N) is 1. The number of nitrogens with zero attached hydrogens (tertiary/aromatic N) is 2. The lowest BCUT2D eigenvalue weighted by Crippen LogP contribution is -2.26. The first-order valence-electron chi connectivity index (χ1n) is 6.74. The molecule has 0 saturated heterocycles. The van der Waals surface area contributed by atoms with Gasteiger partial charge in [0.15, 0.2) is 0 Å². The summed E-state index contributed by atoms with van der Waals surface area (Å²) < 4.78 is 15.4. The molecule has 1 aromatic carbocycles. The topological polar surface area (TPSA) is 38.4 Å². The number of amides is 1. The Hall–Kier alpha value is -2.32. The Kier molecular flexibility index (Phi) is 4.84. The van der Waals surface area contributed by atoms with Crippen molar-refractivity contribution in [1.82, 2.24) is 9.88 Å². The van der Waals surface area contributed by atoms with Gasteiger partial charge in [-0.25, -0.2) is 9.24 Å². The quantitative estimate of drug-likeness (QED) is 0.836. The highest BCUT2D eigenvalue weighted by molar-refractivity contribution is 6.31. The van der Waals surface area contributed by atoms with Crippen LogP contribution in [0.15, 0.2) is 30.5 Å². The first-order valence-corrected chi connectivity index (χ1v) is 7.12. The van der Waals surface area contributed by atoms with E-state index in [1.165, 1.54) is 18.2 Å². The Morgan fingerprint density at radius 2 is 2.23 bits per heavy atom. The summed E-state index contributed by atoms with van der Waals surface area (Å²) in [5.74, 6) is -0.836. The molecule has 0 aliphatic heterocycles. The number of hydrogen-bond donors (Lipinski definition) is 1. The second-order valence-electron chi connectivity index (χ2n) is 5.08. The fraction of sp³-hybridized carbons (Fsp3) is 0.250. The number of benzene rings is 1. The van der Waals surface area contributed by atoms with E-state index in [9.17, 15) is 9.18 Å². The molecule has 4 nitrogen and oxygen atoms in total. The van der Waals surface area contributed by atoms with E-state index in [1.54, 1.807) is 16.8 Å². The minimum absolute atomic E-state index is 0.0129. The highest BCUT2D eigenvalue weighted by Gasteiger charge is 2.16. The SMILES string of the molecule is [C-]#[N+]c1cc(C(=O)NCc2c(F)cccc2Cl)n(C(C)C)c1. The summed E-state index contributed by atoms with van der Waals surface area (Å²) in [5, 5.41) is 2.91. The normalized spacial score (nSPS) is 10.5. The number of hydrogen-bond acceptors (Lipinski definition) is 1. The molecule has 0 spiro atoms. The van der Waals surface area contributed by atoms with Gasteiger partial charge in [0.2, 0.25) is 5.69 Å². The van der Waals surface area contributed by atoms with E-state index in [-0.39, 0.29) is 29.1 Å². The molecule has 0 aliphatic rings. The molecule has 1 N–H and O–H groups in total. The molecule has 6 heteroatoms. The molecule has 0 aliphatic carbocycles. The van der Waals surface area contributed by atoms with Gasteiger partial charge >= 0.3 is 0 Å². The van der Waals surface area contributed by atoms with Crippen molar-refractivity contribution in [3.63, 3.8) is 0 Å². The summed E-state index contributed by atoms with van der Waals surface area (Å²) >= 11 is 5.93. The molecule has 114 valence electrons. The second kappa shape index (κ2) is 6.63. The van der Waals surface area contributed by atoms with Crippen LogP contribution in [0.4, 0.5) is 10.1 Å². The first-order chi connectivity index (χ1) is 10.4. The Bertz CT molecular complexity index is 726. The van der Waals surface area contributed by atoms with Crippen molar-refractivity contribution in [2.75, 3.05) is 0 Å². The van der Waals surface area contributed by atoms with Crippen LogP contribution in [0, 0.1) is 12.4 Å². The molecule has 0 atom stereocenters. The summed E-state index contributed by atoms with van der Waals surface area (Å²) in [4.78, 5) is 15.6. The fourth-order valence-corrected chi connectivity index (χ4v) is 2.33. The number of carbonyl (C=O) groups excluding carboxylic acids is 1. The molecule has 1 amide bonds. The van der Waals surface area contributed by atoms with Crippen molar-refractivity contribution in [3.8, 4) is 0 Å². The Morgan fingerprint density at radius 3 is 2.82 bits per heavy atom. The van der Waals surface area contributed by atoms with Gasteiger partial charge in [-0.2, -0.15) is 0 Å². The van der Waals surface area contributed by atoms with Crippen LogP contribution >= 0.6 is 11.6 Å². The Morgan fingerprint density at radius 1 is 1.50 bits per heavy atom. The van der Waals surface area contributed by atoms with Crippen LogP contribution in [0.25, 0.3) is 4.85 Å². The summed E-state index contributed by atoms with van der Waals surface area (Å²) in [6.07, 6.45) is 1.63. The molecule has 1 aromatic heterocycles. The number of aromatic nitrogens is 1. The largest absolute Gasteiger partial charge is 0.352 e. The molecule has 2 aromatic rings. The van der Waals surface area contributed by atoms with Gasteiger partial charge in [0.25, 0.3) is 5.91 Å². The molecule has 1 heterocycles. The van der Waals surface area contributed by atoms with Gasteiger partial charge in [-0.05, 0) is 32.0 Å². The second-order valence-corrected chi connectivity index (χ2v) is 5.49. The molecule has 0 unspecified atom stereocenters. The van der Waals surface area contributed by atoms with E-state index in [2.05, 4.69) is 10.2 Å². The average Bonchev–Trinajstić information content (AvgIpc) is 2.91. The van der Waals surface area contributed by atoms with Gasteiger partial charge in [0, 0.05) is 29.4 Å². The molecule has 22 heavy (non-hydrogen) atoms. The molecule has 0 radical (unpaired) electrons. The average molecular weight is 320 g/mol. The standard InChI is InChI=1S/C16H15ClFN3O/c1-10(2)21-9-11(19-3)7-15(21)16(22)20-8-12-13(17)5-4-6-14(12)18/h4-7,9-10H,8H2,1-2H3,(H,20,22). The van der Waals surface area contributed by atoms with Gasteiger partial charge in [-0.15, -0.1) is 0 Å². The predicted octanol–water partition coefficient (Wildman–Crippen LogP) is 4.34. The fourth-order valence-electron chi connectivity index (χ4n) is 2.10. The number of rotatable bonds is 4. The zero-order valence-electron chi connectivity index (χ0n) is 12.2. The maximum atomic E-state index is 13.7. The predicted molar refractivity (Wildman–Crippen MR) is 83.7 cm³/mol. The third-order valence-electron chi connectivity index (χ3n) is 3.24. The van der Waals surface area contributed by atoms with Gasteiger partial charge < -0.3 is 9.88 Å². The van der Waals surface area contributed by atoms with Gasteiger partial charge in [0.05, 0.1) is 12.3 Å². The molecule has 2 rings (SSSR count). The Balaban J connectivity index is 2.20. The van der Waals surface area contributed by atoms with E-state index in [0.29, 0.717) is 11.4 Å². The first kappa shape index (κ1) is 16.1. The van der Waals surface area contributed by atoms with Crippen LogP contribution in [0.2, 0.25) is 5.02 Å². The lowest BCUT2D eigenvalue weighted by molar-refractivity contribution is 0.0940. The van der Waals surface area contributed by atoms with Crippen molar-refractivity contribution < 1.29 is 9.18 Å². The lowest BCUT2D eigenvalue weighted by atomic mass is 10.2. The van der Waals surface area contributed by atoms with Crippen LogP contribution in [-0.2, 0) is 6.54 Å². The minimum Gasteiger partial charge on any atom is -0.352 e. The molecule has 0 saturated carbocycles. The zero-order valence-corrected chi connectivity index (χ0v) is 13.0.